The van der Waals surface area contributed by atoms with Crippen LogP contribution in [0.15, 0.2) is 16.6 Å². The molecule has 1 aliphatic carbocycles. The van der Waals surface area contributed by atoms with E-state index in [-0.39, 0.29) is 0 Å². The van der Waals surface area contributed by atoms with Gasteiger partial charge in [0.2, 0.25) is 0 Å². The third-order valence-corrected chi connectivity index (χ3v) is 4.26. The van der Waals surface area contributed by atoms with Gasteiger partial charge in [0.15, 0.2) is 0 Å². The van der Waals surface area contributed by atoms with E-state index in [2.05, 4.69) is 28.1 Å². The molecular formula is C14H18BrNO. The maximum Gasteiger partial charge on any atom is 0.125 e. The molecule has 0 amide bonds. The molecular weight excluding hydrogens is 278 g/mol. The van der Waals surface area contributed by atoms with Crippen molar-refractivity contribution in [3.8, 4) is 5.75 Å². The van der Waals surface area contributed by atoms with E-state index < -0.39 is 0 Å². The Morgan fingerprint density at radius 1 is 1.41 bits per heavy atom. The second-order valence-electron chi connectivity index (χ2n) is 5.19. The van der Waals surface area contributed by atoms with E-state index in [9.17, 15) is 0 Å². The molecule has 0 radical (unpaired) electrons. The second kappa shape index (κ2) is 4.62. The van der Waals surface area contributed by atoms with Crippen LogP contribution < -0.4 is 10.5 Å². The van der Waals surface area contributed by atoms with E-state index in [0.29, 0.717) is 6.04 Å². The normalized spacial score (nSPS) is 19.9. The van der Waals surface area contributed by atoms with Crippen molar-refractivity contribution in [2.75, 3.05) is 6.61 Å². The van der Waals surface area contributed by atoms with Crippen LogP contribution in [0, 0.1) is 5.92 Å². The Hall–Kier alpha value is -0.540. The SMILES string of the molecule is NC(CCc1cc(Br)cc2c1OCC2)C1CC1. The van der Waals surface area contributed by atoms with Crippen molar-refractivity contribution in [3.63, 3.8) is 0 Å². The summed E-state index contributed by atoms with van der Waals surface area (Å²) in [7, 11) is 0. The van der Waals surface area contributed by atoms with E-state index in [0.717, 1.165) is 42.0 Å². The third-order valence-electron chi connectivity index (χ3n) is 3.80. The number of ether oxygens (including phenoxy) is 1. The first-order chi connectivity index (χ1) is 8.24. The lowest BCUT2D eigenvalue weighted by Crippen LogP contribution is -2.22. The highest BCUT2D eigenvalue weighted by atomic mass is 79.9. The molecule has 2 aliphatic rings. The summed E-state index contributed by atoms with van der Waals surface area (Å²) in [5, 5.41) is 0. The molecule has 0 spiro atoms. The Morgan fingerprint density at radius 2 is 2.24 bits per heavy atom. The smallest absolute Gasteiger partial charge is 0.125 e. The highest BCUT2D eigenvalue weighted by Crippen LogP contribution is 2.36. The minimum absolute atomic E-state index is 0.381. The summed E-state index contributed by atoms with van der Waals surface area (Å²) < 4.78 is 6.89. The summed E-state index contributed by atoms with van der Waals surface area (Å²) in [6.07, 6.45) is 5.81. The standard InChI is InChI=1S/C14H18BrNO/c15-12-7-10(3-4-13(16)9-1-2-9)14-11(8-12)5-6-17-14/h7-9,13H,1-6,16H2. The Kier molecular flexibility index (Phi) is 3.14. The molecule has 3 rings (SSSR count). The molecule has 2 nitrogen and oxygen atoms in total. The first-order valence-electron chi connectivity index (χ1n) is 6.44. The highest BCUT2D eigenvalue weighted by molar-refractivity contribution is 9.10. The molecule has 0 aromatic heterocycles. The van der Waals surface area contributed by atoms with Gasteiger partial charge in [-0.05, 0) is 54.9 Å². The van der Waals surface area contributed by atoms with Gasteiger partial charge < -0.3 is 10.5 Å². The molecule has 1 atom stereocenters. The summed E-state index contributed by atoms with van der Waals surface area (Å²) >= 11 is 3.58. The predicted octanol–water partition coefficient (Wildman–Crippen LogP) is 3.05. The molecule has 1 fully saturated rings. The van der Waals surface area contributed by atoms with Crippen LogP contribution in [0.3, 0.4) is 0 Å². The van der Waals surface area contributed by atoms with Crippen LogP contribution in [0.25, 0.3) is 0 Å². The number of rotatable bonds is 4. The summed E-state index contributed by atoms with van der Waals surface area (Å²) in [6, 6.07) is 4.74. The lowest BCUT2D eigenvalue weighted by Gasteiger charge is -2.12. The molecule has 17 heavy (non-hydrogen) atoms. The summed E-state index contributed by atoms with van der Waals surface area (Å²) in [4.78, 5) is 0. The molecule has 3 heteroatoms. The monoisotopic (exact) mass is 295 g/mol. The van der Waals surface area contributed by atoms with Crippen molar-refractivity contribution in [1.29, 1.82) is 0 Å². The van der Waals surface area contributed by atoms with E-state index in [1.54, 1.807) is 0 Å². The summed E-state index contributed by atoms with van der Waals surface area (Å²) in [6.45, 7) is 0.827. The molecule has 2 N–H and O–H groups in total. The predicted molar refractivity (Wildman–Crippen MR) is 72.4 cm³/mol. The van der Waals surface area contributed by atoms with Gasteiger partial charge in [-0.2, -0.15) is 0 Å². The first-order valence-corrected chi connectivity index (χ1v) is 7.23. The number of aryl methyl sites for hydroxylation is 1. The zero-order valence-electron chi connectivity index (χ0n) is 9.92. The van der Waals surface area contributed by atoms with Crippen LogP contribution in [-0.2, 0) is 12.8 Å². The van der Waals surface area contributed by atoms with Crippen molar-refractivity contribution in [3.05, 3.63) is 27.7 Å². The molecule has 1 aromatic rings. The van der Waals surface area contributed by atoms with E-state index in [1.165, 1.54) is 24.0 Å². The quantitative estimate of drug-likeness (QED) is 0.927. The zero-order chi connectivity index (χ0) is 11.8. The van der Waals surface area contributed by atoms with Gasteiger partial charge in [0.1, 0.15) is 5.75 Å². The van der Waals surface area contributed by atoms with E-state index in [4.69, 9.17) is 10.5 Å². The molecule has 1 unspecified atom stereocenters. The average Bonchev–Trinajstić information content (AvgIpc) is 3.05. The molecule has 92 valence electrons. The first kappa shape index (κ1) is 11.5. The Balaban J connectivity index is 1.73. The molecule has 1 aliphatic heterocycles. The summed E-state index contributed by atoms with van der Waals surface area (Å²) in [5.41, 5.74) is 8.82. The number of benzene rings is 1. The molecule has 0 saturated heterocycles. The Bertz CT molecular complexity index is 428. The number of hydrogen-bond donors (Lipinski definition) is 1. The van der Waals surface area contributed by atoms with Crippen molar-refractivity contribution in [1.82, 2.24) is 0 Å². The Labute approximate surface area is 111 Å². The largest absolute Gasteiger partial charge is 0.493 e. The maximum absolute atomic E-state index is 6.16. The highest BCUT2D eigenvalue weighted by Gasteiger charge is 2.28. The number of halogens is 1. The number of nitrogens with two attached hydrogens (primary N) is 1. The topological polar surface area (TPSA) is 35.2 Å². The molecule has 1 heterocycles. The van der Waals surface area contributed by atoms with Gasteiger partial charge in [-0.1, -0.05) is 15.9 Å². The van der Waals surface area contributed by atoms with Gasteiger partial charge in [-0.25, -0.2) is 0 Å². The van der Waals surface area contributed by atoms with Crippen LogP contribution in [0.1, 0.15) is 30.4 Å². The van der Waals surface area contributed by atoms with Crippen LogP contribution >= 0.6 is 15.9 Å². The van der Waals surface area contributed by atoms with Gasteiger partial charge in [-0.3, -0.25) is 0 Å². The third kappa shape index (κ3) is 2.50. The fourth-order valence-corrected chi connectivity index (χ4v) is 3.17. The second-order valence-corrected chi connectivity index (χ2v) is 6.11. The number of fused-ring (bicyclic) bond motifs is 1. The fraction of sp³-hybridized carbons (Fsp3) is 0.571. The fourth-order valence-electron chi connectivity index (χ4n) is 2.61. The van der Waals surface area contributed by atoms with Crippen molar-refractivity contribution < 1.29 is 4.74 Å². The van der Waals surface area contributed by atoms with Crippen molar-refractivity contribution in [2.24, 2.45) is 11.7 Å². The minimum atomic E-state index is 0.381. The van der Waals surface area contributed by atoms with E-state index in [1.807, 2.05) is 0 Å². The summed E-state index contributed by atoms with van der Waals surface area (Å²) in [5.74, 6) is 1.91. The minimum Gasteiger partial charge on any atom is -0.493 e. The molecule has 1 saturated carbocycles. The maximum atomic E-state index is 6.16. The van der Waals surface area contributed by atoms with Gasteiger partial charge >= 0.3 is 0 Å². The lowest BCUT2D eigenvalue weighted by atomic mass is 10.00. The van der Waals surface area contributed by atoms with Crippen LogP contribution in [-0.4, -0.2) is 12.6 Å². The van der Waals surface area contributed by atoms with Gasteiger partial charge in [-0.15, -0.1) is 0 Å². The molecule has 1 aromatic carbocycles. The van der Waals surface area contributed by atoms with Crippen LogP contribution in [0.4, 0.5) is 0 Å². The van der Waals surface area contributed by atoms with Gasteiger partial charge in [0.25, 0.3) is 0 Å². The van der Waals surface area contributed by atoms with Crippen molar-refractivity contribution >= 4 is 15.9 Å². The van der Waals surface area contributed by atoms with Crippen molar-refractivity contribution in [2.45, 2.75) is 38.1 Å². The molecule has 0 bridgehead atoms. The Morgan fingerprint density at radius 3 is 3.00 bits per heavy atom. The average molecular weight is 296 g/mol. The van der Waals surface area contributed by atoms with Crippen LogP contribution in [0.2, 0.25) is 0 Å². The van der Waals surface area contributed by atoms with E-state index >= 15 is 0 Å². The van der Waals surface area contributed by atoms with Crippen LogP contribution in [0.5, 0.6) is 5.75 Å². The lowest BCUT2D eigenvalue weighted by molar-refractivity contribution is 0.352. The zero-order valence-corrected chi connectivity index (χ0v) is 11.5. The van der Waals surface area contributed by atoms with Gasteiger partial charge in [0, 0.05) is 16.9 Å². The number of hydrogen-bond acceptors (Lipinski definition) is 2. The van der Waals surface area contributed by atoms with Gasteiger partial charge in [0.05, 0.1) is 6.61 Å².